The van der Waals surface area contributed by atoms with Crippen LogP contribution in [0.4, 0.5) is 0 Å². The number of thiophene rings is 1. The van der Waals surface area contributed by atoms with Crippen LogP contribution in [0.25, 0.3) is 0 Å². The fourth-order valence-corrected chi connectivity index (χ4v) is 4.14. The van der Waals surface area contributed by atoms with Gasteiger partial charge in [0.2, 0.25) is 5.91 Å². The fraction of sp³-hybridized carbons (Fsp3) is 0.333. The summed E-state index contributed by atoms with van der Waals surface area (Å²) >= 11 is 1.69. The van der Waals surface area contributed by atoms with Gasteiger partial charge in [-0.25, -0.2) is 0 Å². The average Bonchev–Trinajstić information content (AvgIpc) is 3.43. The van der Waals surface area contributed by atoms with E-state index in [1.165, 1.54) is 11.1 Å². The van der Waals surface area contributed by atoms with Gasteiger partial charge in [0.1, 0.15) is 6.54 Å². The van der Waals surface area contributed by atoms with E-state index in [9.17, 15) is 9.59 Å². The third-order valence-electron chi connectivity index (χ3n) is 5.13. The van der Waals surface area contributed by atoms with Gasteiger partial charge in [-0.3, -0.25) is 9.59 Å². The number of carbonyl (C=O) groups excluding carboxylic acids is 2. The Morgan fingerprint density at radius 2 is 1.80 bits per heavy atom. The van der Waals surface area contributed by atoms with E-state index in [0.29, 0.717) is 13.1 Å². The highest BCUT2D eigenvalue weighted by Gasteiger charge is 2.27. The van der Waals surface area contributed by atoms with E-state index in [0.717, 1.165) is 16.9 Å². The van der Waals surface area contributed by atoms with Crippen molar-refractivity contribution in [3.8, 4) is 0 Å². The quantitative estimate of drug-likeness (QED) is 0.479. The number of rotatable bonds is 9. The molecule has 2 heterocycles. The summed E-state index contributed by atoms with van der Waals surface area (Å²) in [6, 6.07) is 17.3. The topological polar surface area (TPSA) is 53.8 Å². The van der Waals surface area contributed by atoms with E-state index in [1.54, 1.807) is 28.4 Å². The highest BCUT2D eigenvalue weighted by Crippen LogP contribution is 2.20. The molecule has 3 aromatic rings. The molecule has 0 unspecified atom stereocenters. The molecule has 0 saturated heterocycles. The van der Waals surface area contributed by atoms with Crippen LogP contribution < -0.4 is 0 Å². The number of carbonyl (C=O) groups is 2. The van der Waals surface area contributed by atoms with Crippen LogP contribution in [0.5, 0.6) is 0 Å². The third-order valence-corrected chi connectivity index (χ3v) is 6.12. The minimum Gasteiger partial charge on any atom is -0.459 e. The lowest BCUT2D eigenvalue weighted by atomic mass is 10.2. The lowest BCUT2D eigenvalue weighted by molar-refractivity contribution is -0.133. The molecule has 158 valence electrons. The Morgan fingerprint density at radius 3 is 2.40 bits per heavy atom. The van der Waals surface area contributed by atoms with Gasteiger partial charge in [-0.15, -0.1) is 11.3 Å². The summed E-state index contributed by atoms with van der Waals surface area (Å²) in [5, 5.41) is 0. The lowest BCUT2D eigenvalue weighted by Gasteiger charge is -2.30. The average molecular weight is 425 g/mol. The summed E-state index contributed by atoms with van der Waals surface area (Å²) < 4.78 is 5.29. The predicted octanol–water partition coefficient (Wildman–Crippen LogP) is 5.12. The molecule has 0 radical (unpaired) electrons. The zero-order chi connectivity index (χ0) is 21.5. The van der Waals surface area contributed by atoms with Crippen molar-refractivity contribution < 1.29 is 14.0 Å². The third kappa shape index (κ3) is 5.60. The number of benzene rings is 1. The minimum atomic E-state index is -0.255. The first-order valence-electron chi connectivity index (χ1n) is 10.2. The number of furan rings is 1. The van der Waals surface area contributed by atoms with Crippen molar-refractivity contribution in [2.75, 3.05) is 6.54 Å². The van der Waals surface area contributed by atoms with Crippen LogP contribution in [0, 0.1) is 6.92 Å². The predicted molar refractivity (Wildman–Crippen MR) is 119 cm³/mol. The number of nitrogens with zero attached hydrogens (tertiary/aromatic N) is 2. The number of hydrogen-bond acceptors (Lipinski definition) is 4. The minimum absolute atomic E-state index is 0.0196. The molecule has 6 heteroatoms. The molecule has 3 rings (SSSR count). The first-order chi connectivity index (χ1) is 14.5. The molecule has 0 bridgehead atoms. The first-order valence-corrected chi connectivity index (χ1v) is 11.0. The molecule has 0 fully saturated rings. The van der Waals surface area contributed by atoms with Gasteiger partial charge in [-0.2, -0.15) is 0 Å². The first kappa shape index (κ1) is 21.8. The van der Waals surface area contributed by atoms with Gasteiger partial charge in [-0.1, -0.05) is 37.3 Å². The van der Waals surface area contributed by atoms with Gasteiger partial charge in [0.25, 0.3) is 5.91 Å². The standard InChI is InChI=1S/C24H28N2O3S/c1-4-18(2)26(24(28)22-11-8-14-29-22)17-23(27)25(15-20-9-6-5-7-10-20)16-21-13-12-19(3)30-21/h5-14,18H,4,15-17H2,1-3H3/t18-/m0/s1. The second-order valence-electron chi connectivity index (χ2n) is 7.42. The highest BCUT2D eigenvalue weighted by molar-refractivity contribution is 7.11. The molecule has 0 aliphatic rings. The molecule has 30 heavy (non-hydrogen) atoms. The zero-order valence-electron chi connectivity index (χ0n) is 17.7. The summed E-state index contributed by atoms with van der Waals surface area (Å²) in [6.07, 6.45) is 2.23. The summed E-state index contributed by atoms with van der Waals surface area (Å²) in [5.41, 5.74) is 1.06. The molecule has 0 spiro atoms. The Labute approximate surface area is 181 Å². The maximum Gasteiger partial charge on any atom is 0.290 e. The van der Waals surface area contributed by atoms with Crippen molar-refractivity contribution in [3.05, 3.63) is 81.9 Å². The van der Waals surface area contributed by atoms with Crippen LogP contribution in [-0.4, -0.2) is 34.2 Å². The largest absolute Gasteiger partial charge is 0.459 e. The van der Waals surface area contributed by atoms with Crippen molar-refractivity contribution in [2.24, 2.45) is 0 Å². The second kappa shape index (κ2) is 10.3. The molecule has 1 atom stereocenters. The normalized spacial score (nSPS) is 11.8. The SMILES string of the molecule is CC[C@H](C)N(CC(=O)N(Cc1ccccc1)Cc1ccc(C)s1)C(=O)c1ccco1. The molecule has 5 nitrogen and oxygen atoms in total. The van der Waals surface area contributed by atoms with Crippen LogP contribution >= 0.6 is 11.3 Å². The molecule has 0 N–H and O–H groups in total. The molecule has 0 aliphatic carbocycles. The van der Waals surface area contributed by atoms with E-state index in [1.807, 2.05) is 49.1 Å². The Morgan fingerprint density at radius 1 is 1.03 bits per heavy atom. The lowest BCUT2D eigenvalue weighted by Crippen LogP contribution is -2.46. The Bertz CT molecular complexity index is 950. The molecular formula is C24H28N2O3S. The monoisotopic (exact) mass is 424 g/mol. The van der Waals surface area contributed by atoms with Crippen LogP contribution in [0.15, 0.2) is 65.3 Å². The van der Waals surface area contributed by atoms with Gasteiger partial charge < -0.3 is 14.2 Å². The summed E-state index contributed by atoms with van der Waals surface area (Å²) in [5.74, 6) is -0.0777. The van der Waals surface area contributed by atoms with E-state index < -0.39 is 0 Å². The highest BCUT2D eigenvalue weighted by atomic mass is 32.1. The summed E-state index contributed by atoms with van der Waals surface area (Å²) in [6.45, 7) is 7.07. The Kier molecular flexibility index (Phi) is 7.46. The number of aryl methyl sites for hydroxylation is 1. The molecular weight excluding hydrogens is 396 g/mol. The van der Waals surface area contributed by atoms with E-state index in [-0.39, 0.29) is 30.2 Å². The zero-order valence-corrected chi connectivity index (χ0v) is 18.5. The molecule has 0 saturated carbocycles. The maximum absolute atomic E-state index is 13.4. The number of amides is 2. The summed E-state index contributed by atoms with van der Waals surface area (Å²) in [4.78, 5) is 32.1. The van der Waals surface area contributed by atoms with Crippen LogP contribution in [0.2, 0.25) is 0 Å². The summed E-state index contributed by atoms with van der Waals surface area (Å²) in [7, 11) is 0. The van der Waals surface area contributed by atoms with Gasteiger partial charge in [-0.05, 0) is 50.1 Å². The van der Waals surface area contributed by atoms with Crippen LogP contribution in [0.3, 0.4) is 0 Å². The molecule has 0 aliphatic heterocycles. The fourth-order valence-electron chi connectivity index (χ4n) is 3.23. The molecule has 1 aromatic carbocycles. The van der Waals surface area contributed by atoms with Crippen molar-refractivity contribution in [1.29, 1.82) is 0 Å². The number of hydrogen-bond donors (Lipinski definition) is 0. The molecule has 2 amide bonds. The van der Waals surface area contributed by atoms with Crippen molar-refractivity contribution in [3.63, 3.8) is 0 Å². The maximum atomic E-state index is 13.4. The van der Waals surface area contributed by atoms with Crippen LogP contribution in [-0.2, 0) is 17.9 Å². The smallest absolute Gasteiger partial charge is 0.290 e. The van der Waals surface area contributed by atoms with Crippen molar-refractivity contribution >= 4 is 23.2 Å². The van der Waals surface area contributed by atoms with Gasteiger partial charge >= 0.3 is 0 Å². The van der Waals surface area contributed by atoms with E-state index >= 15 is 0 Å². The van der Waals surface area contributed by atoms with Gasteiger partial charge in [0.15, 0.2) is 5.76 Å². The Balaban J connectivity index is 1.81. The van der Waals surface area contributed by atoms with Gasteiger partial charge in [0, 0.05) is 22.3 Å². The second-order valence-corrected chi connectivity index (χ2v) is 8.79. The van der Waals surface area contributed by atoms with Crippen molar-refractivity contribution in [1.82, 2.24) is 9.80 Å². The van der Waals surface area contributed by atoms with E-state index in [4.69, 9.17) is 4.42 Å². The van der Waals surface area contributed by atoms with Gasteiger partial charge in [0.05, 0.1) is 12.8 Å². The Hall–Kier alpha value is -2.86. The van der Waals surface area contributed by atoms with Crippen LogP contribution in [0.1, 0.15) is 46.1 Å². The van der Waals surface area contributed by atoms with Crippen molar-refractivity contribution in [2.45, 2.75) is 46.3 Å². The molecule has 2 aromatic heterocycles. The van der Waals surface area contributed by atoms with E-state index in [2.05, 4.69) is 19.1 Å².